The molecule has 0 atom stereocenters. The Morgan fingerprint density at radius 1 is 1.33 bits per heavy atom. The van der Waals surface area contributed by atoms with Crippen molar-refractivity contribution in [2.45, 2.75) is 52.0 Å². The molecule has 0 bridgehead atoms. The van der Waals surface area contributed by atoms with E-state index in [4.69, 9.17) is 4.98 Å². The zero-order valence-electron chi connectivity index (χ0n) is 13.0. The van der Waals surface area contributed by atoms with E-state index in [1.54, 1.807) is 0 Å². The fourth-order valence-electron chi connectivity index (χ4n) is 2.40. The third-order valence-corrected chi connectivity index (χ3v) is 3.75. The highest BCUT2D eigenvalue weighted by atomic mass is 15.1. The molecule has 0 amide bonds. The summed E-state index contributed by atoms with van der Waals surface area (Å²) in [7, 11) is 0. The summed E-state index contributed by atoms with van der Waals surface area (Å²) in [4.78, 5) is 13.7. The second-order valence-corrected chi connectivity index (χ2v) is 5.98. The molecule has 1 fully saturated rings. The predicted octanol–water partition coefficient (Wildman–Crippen LogP) is 3.62. The number of rotatable bonds is 6. The van der Waals surface area contributed by atoms with E-state index < -0.39 is 0 Å². The normalized spacial score (nSPS) is 14.7. The Labute approximate surface area is 125 Å². The Hall–Kier alpha value is -1.91. The van der Waals surface area contributed by atoms with Crippen LogP contribution in [-0.2, 0) is 0 Å². The molecule has 1 aliphatic rings. The molecule has 112 valence electrons. The highest BCUT2D eigenvalue weighted by molar-refractivity contribution is 5.54. The van der Waals surface area contributed by atoms with Crippen LogP contribution in [0.15, 0.2) is 18.6 Å². The van der Waals surface area contributed by atoms with Crippen LogP contribution in [0.25, 0.3) is 11.5 Å². The highest BCUT2D eigenvalue weighted by Gasteiger charge is 2.26. The summed E-state index contributed by atoms with van der Waals surface area (Å²) >= 11 is 0. The summed E-state index contributed by atoms with van der Waals surface area (Å²) in [6.07, 6.45) is 7.28. The van der Waals surface area contributed by atoms with E-state index in [-0.39, 0.29) is 0 Å². The van der Waals surface area contributed by atoms with Crippen molar-refractivity contribution in [1.82, 2.24) is 19.5 Å². The van der Waals surface area contributed by atoms with Gasteiger partial charge in [-0.15, -0.1) is 0 Å². The molecule has 21 heavy (non-hydrogen) atoms. The number of nitrogens with one attached hydrogen (secondary N) is 1. The molecule has 2 heterocycles. The zero-order valence-corrected chi connectivity index (χ0v) is 13.0. The average Bonchev–Trinajstić information content (AvgIpc) is 3.21. The fraction of sp³-hybridized carbons (Fsp3) is 0.562. The Morgan fingerprint density at radius 3 is 2.81 bits per heavy atom. The SMILES string of the molecule is CCCNc1cc(C2CC2)nc(-c2cncn2C(C)C)n1. The number of aromatic nitrogens is 4. The molecule has 0 aromatic carbocycles. The quantitative estimate of drug-likeness (QED) is 0.880. The van der Waals surface area contributed by atoms with Gasteiger partial charge in [0.25, 0.3) is 0 Å². The molecule has 1 aliphatic carbocycles. The number of hydrogen-bond donors (Lipinski definition) is 1. The lowest BCUT2D eigenvalue weighted by Crippen LogP contribution is -2.08. The summed E-state index contributed by atoms with van der Waals surface area (Å²) in [5.74, 6) is 2.33. The lowest BCUT2D eigenvalue weighted by molar-refractivity contribution is 0.603. The second kappa shape index (κ2) is 5.84. The van der Waals surface area contributed by atoms with E-state index in [0.29, 0.717) is 12.0 Å². The Kier molecular flexibility index (Phi) is 3.90. The van der Waals surface area contributed by atoms with Crippen LogP contribution >= 0.6 is 0 Å². The first-order chi connectivity index (χ1) is 10.2. The molecule has 1 saturated carbocycles. The van der Waals surface area contributed by atoms with Crippen molar-refractivity contribution in [2.75, 3.05) is 11.9 Å². The van der Waals surface area contributed by atoms with Crippen molar-refractivity contribution in [3.8, 4) is 11.5 Å². The van der Waals surface area contributed by atoms with Crippen molar-refractivity contribution >= 4 is 5.82 Å². The molecular formula is C16H23N5. The van der Waals surface area contributed by atoms with Gasteiger partial charge < -0.3 is 9.88 Å². The van der Waals surface area contributed by atoms with Crippen LogP contribution in [0.5, 0.6) is 0 Å². The number of nitrogens with zero attached hydrogens (tertiary/aromatic N) is 4. The average molecular weight is 285 g/mol. The standard InChI is InChI=1S/C16H23N5/c1-4-7-18-15-8-13(12-5-6-12)19-16(20-15)14-9-17-10-21(14)11(2)3/h8-12H,4-7H2,1-3H3,(H,18,19,20). The maximum absolute atomic E-state index is 4.78. The summed E-state index contributed by atoms with van der Waals surface area (Å²) in [5.41, 5.74) is 2.15. The number of hydrogen-bond acceptors (Lipinski definition) is 4. The third-order valence-electron chi connectivity index (χ3n) is 3.75. The summed E-state index contributed by atoms with van der Waals surface area (Å²) in [6, 6.07) is 2.45. The fourth-order valence-corrected chi connectivity index (χ4v) is 2.40. The van der Waals surface area contributed by atoms with Crippen LogP contribution in [0.3, 0.4) is 0 Å². The van der Waals surface area contributed by atoms with E-state index in [1.807, 2.05) is 12.5 Å². The molecule has 0 unspecified atom stereocenters. The molecule has 5 nitrogen and oxygen atoms in total. The van der Waals surface area contributed by atoms with Crippen molar-refractivity contribution in [3.63, 3.8) is 0 Å². The van der Waals surface area contributed by atoms with Crippen molar-refractivity contribution in [2.24, 2.45) is 0 Å². The van der Waals surface area contributed by atoms with Gasteiger partial charge in [0.05, 0.1) is 12.5 Å². The highest BCUT2D eigenvalue weighted by Crippen LogP contribution is 2.40. The van der Waals surface area contributed by atoms with Gasteiger partial charge in [-0.25, -0.2) is 15.0 Å². The van der Waals surface area contributed by atoms with Crippen LogP contribution in [0.4, 0.5) is 5.82 Å². The topological polar surface area (TPSA) is 55.6 Å². The van der Waals surface area contributed by atoms with Crippen molar-refractivity contribution < 1.29 is 0 Å². The van der Waals surface area contributed by atoms with Gasteiger partial charge in [-0.2, -0.15) is 0 Å². The van der Waals surface area contributed by atoms with Crippen LogP contribution in [0.2, 0.25) is 0 Å². The minimum Gasteiger partial charge on any atom is -0.370 e. The first-order valence-electron chi connectivity index (χ1n) is 7.84. The smallest absolute Gasteiger partial charge is 0.180 e. The molecule has 5 heteroatoms. The third kappa shape index (κ3) is 3.06. The van der Waals surface area contributed by atoms with E-state index in [9.17, 15) is 0 Å². The lowest BCUT2D eigenvalue weighted by Gasteiger charge is -2.13. The summed E-state index contributed by atoms with van der Waals surface area (Å²) in [6.45, 7) is 7.38. The zero-order chi connectivity index (χ0) is 14.8. The van der Waals surface area contributed by atoms with Gasteiger partial charge in [0.2, 0.25) is 0 Å². The van der Waals surface area contributed by atoms with Gasteiger partial charge in [0.1, 0.15) is 11.5 Å². The van der Waals surface area contributed by atoms with Gasteiger partial charge in [0.15, 0.2) is 5.82 Å². The minimum absolute atomic E-state index is 0.350. The van der Waals surface area contributed by atoms with Gasteiger partial charge in [-0.3, -0.25) is 0 Å². The van der Waals surface area contributed by atoms with E-state index in [1.165, 1.54) is 12.8 Å². The number of imidazole rings is 1. The van der Waals surface area contributed by atoms with Crippen LogP contribution in [-0.4, -0.2) is 26.1 Å². The maximum atomic E-state index is 4.78. The molecular weight excluding hydrogens is 262 g/mol. The largest absolute Gasteiger partial charge is 0.370 e. The van der Waals surface area contributed by atoms with Gasteiger partial charge >= 0.3 is 0 Å². The monoisotopic (exact) mass is 285 g/mol. The summed E-state index contributed by atoms with van der Waals surface area (Å²) in [5, 5.41) is 3.39. The second-order valence-electron chi connectivity index (χ2n) is 5.98. The van der Waals surface area contributed by atoms with Crippen LogP contribution in [0.1, 0.15) is 57.7 Å². The van der Waals surface area contributed by atoms with Gasteiger partial charge in [-0.1, -0.05) is 6.92 Å². The van der Waals surface area contributed by atoms with Gasteiger partial charge in [-0.05, 0) is 33.1 Å². The maximum Gasteiger partial charge on any atom is 0.180 e. The molecule has 2 aromatic heterocycles. The summed E-state index contributed by atoms with van der Waals surface area (Å²) < 4.78 is 2.12. The Morgan fingerprint density at radius 2 is 2.14 bits per heavy atom. The molecule has 3 rings (SSSR count). The molecule has 0 spiro atoms. The first kappa shape index (κ1) is 14.0. The van der Waals surface area contributed by atoms with Crippen molar-refractivity contribution in [1.29, 1.82) is 0 Å². The van der Waals surface area contributed by atoms with Crippen LogP contribution < -0.4 is 5.32 Å². The predicted molar refractivity (Wildman–Crippen MR) is 84.4 cm³/mol. The molecule has 1 N–H and O–H groups in total. The molecule has 0 aliphatic heterocycles. The lowest BCUT2D eigenvalue weighted by atomic mass is 10.2. The van der Waals surface area contributed by atoms with E-state index in [0.717, 1.165) is 36.0 Å². The number of anilines is 1. The molecule has 0 radical (unpaired) electrons. The molecule has 0 saturated heterocycles. The van der Waals surface area contributed by atoms with Crippen molar-refractivity contribution in [3.05, 3.63) is 24.3 Å². The van der Waals surface area contributed by atoms with E-state index in [2.05, 4.69) is 46.7 Å². The minimum atomic E-state index is 0.350. The van der Waals surface area contributed by atoms with E-state index >= 15 is 0 Å². The molecule has 2 aromatic rings. The Balaban J connectivity index is 1.99. The van der Waals surface area contributed by atoms with Crippen LogP contribution in [0, 0.1) is 0 Å². The first-order valence-corrected chi connectivity index (χ1v) is 7.84. The van der Waals surface area contributed by atoms with Gasteiger partial charge in [0, 0.05) is 30.3 Å². The Bertz CT molecular complexity index is 613.